The van der Waals surface area contributed by atoms with E-state index in [0.29, 0.717) is 10.8 Å². The Morgan fingerprint density at radius 3 is 1.80 bits per heavy atom. The molecule has 25 heavy (non-hydrogen) atoms. The average molecular weight is 484 g/mol. The van der Waals surface area contributed by atoms with Gasteiger partial charge in [0.25, 0.3) is 17.8 Å². The Kier molecular flexibility index (Phi) is 7.57. The van der Waals surface area contributed by atoms with Crippen molar-refractivity contribution in [1.29, 1.82) is 0 Å². The van der Waals surface area contributed by atoms with Gasteiger partial charge in [0, 0.05) is 12.4 Å². The molecule has 0 spiro atoms. The van der Waals surface area contributed by atoms with Crippen molar-refractivity contribution >= 4 is 49.5 Å². The number of rotatable bonds is 4. The number of nitro groups is 2. The van der Waals surface area contributed by atoms with Crippen LogP contribution in [0.25, 0.3) is 0 Å². The highest BCUT2D eigenvalue weighted by Crippen LogP contribution is 2.33. The summed E-state index contributed by atoms with van der Waals surface area (Å²) in [5, 5.41) is 20.6. The number of hydrogen-bond acceptors (Lipinski definition) is 7. The molecule has 0 aliphatic rings. The number of aldehydes is 1. The first-order valence-electron chi connectivity index (χ1n) is 5.99. The number of halogens is 4. The summed E-state index contributed by atoms with van der Waals surface area (Å²) in [6.45, 7) is 0. The van der Waals surface area contributed by atoms with Crippen LogP contribution in [0.2, 0.25) is 0 Å². The van der Waals surface area contributed by atoms with Crippen molar-refractivity contribution in [3.63, 3.8) is 0 Å². The third-order valence-corrected chi connectivity index (χ3v) is 3.83. The minimum Gasteiger partial charge on any atom is -0.298 e. The molecular formula is C12H6Br2F2N4O5. The van der Waals surface area contributed by atoms with Gasteiger partial charge in [-0.25, -0.2) is 8.78 Å². The first kappa shape index (κ1) is 20.6. The van der Waals surface area contributed by atoms with Crippen molar-refractivity contribution in [2.75, 3.05) is 0 Å². The van der Waals surface area contributed by atoms with Crippen molar-refractivity contribution < 1.29 is 23.4 Å². The van der Waals surface area contributed by atoms with Crippen molar-refractivity contribution in [2.24, 2.45) is 0 Å². The second-order valence-corrected chi connectivity index (χ2v) is 5.75. The van der Waals surface area contributed by atoms with E-state index in [4.69, 9.17) is 0 Å². The molecule has 0 N–H and O–H groups in total. The van der Waals surface area contributed by atoms with Crippen LogP contribution in [0.5, 0.6) is 0 Å². The molecule has 2 aromatic heterocycles. The first-order valence-corrected chi connectivity index (χ1v) is 7.58. The summed E-state index contributed by atoms with van der Waals surface area (Å²) < 4.78 is 24.8. The van der Waals surface area contributed by atoms with E-state index in [1.54, 1.807) is 0 Å². The fourth-order valence-electron chi connectivity index (χ4n) is 1.49. The van der Waals surface area contributed by atoms with Gasteiger partial charge in [-0.2, -0.15) is 0 Å². The molecule has 2 aromatic rings. The summed E-state index contributed by atoms with van der Waals surface area (Å²) in [7, 11) is 0. The Morgan fingerprint density at radius 1 is 0.960 bits per heavy atom. The van der Waals surface area contributed by atoms with Crippen LogP contribution in [0.4, 0.5) is 20.2 Å². The average Bonchev–Trinajstić information content (AvgIpc) is 2.54. The molecule has 0 bridgehead atoms. The van der Waals surface area contributed by atoms with Gasteiger partial charge in [-0.3, -0.25) is 35.0 Å². The molecule has 0 fully saturated rings. The maximum atomic E-state index is 12.3. The van der Waals surface area contributed by atoms with E-state index in [1.807, 2.05) is 0 Å². The number of nitrogens with zero attached hydrogens (tertiary/aromatic N) is 4. The number of alkyl halides is 2. The molecule has 9 nitrogen and oxygen atoms in total. The van der Waals surface area contributed by atoms with E-state index in [-0.39, 0.29) is 15.7 Å². The van der Waals surface area contributed by atoms with Crippen LogP contribution in [0.15, 0.2) is 33.7 Å². The van der Waals surface area contributed by atoms with Gasteiger partial charge in [-0.1, -0.05) is 0 Å². The summed E-state index contributed by atoms with van der Waals surface area (Å²) in [5.41, 5.74) is -1.60. The highest BCUT2D eigenvalue weighted by atomic mass is 79.9. The minimum atomic E-state index is -2.89. The van der Waals surface area contributed by atoms with Gasteiger partial charge in [0.2, 0.25) is 0 Å². The molecule has 0 saturated carbocycles. The van der Waals surface area contributed by atoms with E-state index in [9.17, 15) is 33.8 Å². The Bertz CT molecular complexity index is 822. The molecule has 2 rings (SSSR count). The van der Waals surface area contributed by atoms with E-state index in [0.717, 1.165) is 18.6 Å². The molecular weight excluding hydrogens is 478 g/mol. The van der Waals surface area contributed by atoms with Gasteiger partial charge in [0.15, 0.2) is 6.29 Å². The third-order valence-electron chi connectivity index (χ3n) is 2.57. The van der Waals surface area contributed by atoms with Crippen molar-refractivity contribution in [1.82, 2.24) is 9.97 Å². The highest BCUT2D eigenvalue weighted by Gasteiger charge is 2.24. The molecule has 0 aliphatic carbocycles. The number of aromatic nitrogens is 2. The van der Waals surface area contributed by atoms with Crippen molar-refractivity contribution in [2.45, 2.75) is 6.43 Å². The zero-order valence-corrected chi connectivity index (χ0v) is 15.0. The van der Waals surface area contributed by atoms with E-state index >= 15 is 0 Å². The largest absolute Gasteiger partial charge is 0.299 e. The number of carbonyl (C=O) groups excluding carboxylic acids is 1. The molecule has 13 heteroatoms. The molecule has 0 amide bonds. The van der Waals surface area contributed by atoms with Gasteiger partial charge in [0.05, 0.1) is 18.8 Å². The van der Waals surface area contributed by atoms with Crippen LogP contribution < -0.4 is 0 Å². The molecule has 0 radical (unpaired) electrons. The lowest BCUT2D eigenvalue weighted by molar-refractivity contribution is -0.386. The molecule has 0 saturated heterocycles. The third kappa shape index (κ3) is 5.29. The van der Waals surface area contributed by atoms with Crippen LogP contribution in [0.1, 0.15) is 22.3 Å². The monoisotopic (exact) mass is 482 g/mol. The fraction of sp³-hybridized carbons (Fsp3) is 0.0833. The molecule has 0 atom stereocenters. The Labute approximate surface area is 154 Å². The van der Waals surface area contributed by atoms with Crippen LogP contribution in [0.3, 0.4) is 0 Å². The molecule has 2 heterocycles. The SMILES string of the molecule is O=Cc1c(Br)cncc1[N+](=O)[O-].O=[N+]([O-])c1cncc(Br)c1C(F)F. The van der Waals surface area contributed by atoms with Crippen molar-refractivity contribution in [3.8, 4) is 0 Å². The lowest BCUT2D eigenvalue weighted by atomic mass is 10.2. The Hall–Kier alpha value is -2.41. The zero-order valence-electron chi connectivity index (χ0n) is 11.8. The molecule has 0 aliphatic heterocycles. The second kappa shape index (κ2) is 9.17. The predicted octanol–water partition coefficient (Wildman–Crippen LogP) is 4.25. The Morgan fingerprint density at radius 2 is 1.44 bits per heavy atom. The number of carbonyl (C=O) groups is 1. The standard InChI is InChI=1S/C6H3BrF2N2O2.C6H3BrN2O3/c7-3-1-10-2-4(11(12)13)5(3)6(8)9;7-5-1-8-2-6(9(11)12)4(5)3-10/h1-2,6H;1-3H. The van der Waals surface area contributed by atoms with Crippen molar-refractivity contribution in [3.05, 3.63) is 65.1 Å². The molecule has 0 unspecified atom stereocenters. The lowest BCUT2D eigenvalue weighted by Gasteiger charge is -2.02. The fourth-order valence-corrected chi connectivity index (χ4v) is 2.40. The van der Waals surface area contributed by atoms with Gasteiger partial charge in [-0.15, -0.1) is 0 Å². The van der Waals surface area contributed by atoms with E-state index < -0.39 is 27.5 Å². The zero-order chi connectivity index (χ0) is 19.1. The minimum absolute atomic E-state index is 0.00926. The first-order chi connectivity index (χ1) is 11.7. The number of pyridine rings is 2. The lowest BCUT2D eigenvalue weighted by Crippen LogP contribution is -1.97. The van der Waals surface area contributed by atoms with Crippen LogP contribution in [-0.2, 0) is 0 Å². The van der Waals surface area contributed by atoms with Gasteiger partial charge < -0.3 is 0 Å². The maximum absolute atomic E-state index is 12.3. The van der Waals surface area contributed by atoms with E-state index in [2.05, 4.69) is 41.8 Å². The summed E-state index contributed by atoms with van der Waals surface area (Å²) in [6, 6.07) is 0. The van der Waals surface area contributed by atoms with Gasteiger partial charge in [-0.05, 0) is 31.9 Å². The molecule has 132 valence electrons. The summed E-state index contributed by atoms with van der Waals surface area (Å²) in [6.07, 6.45) is 1.79. The highest BCUT2D eigenvalue weighted by molar-refractivity contribution is 9.10. The summed E-state index contributed by atoms with van der Waals surface area (Å²) in [4.78, 5) is 36.5. The number of hydrogen-bond donors (Lipinski definition) is 0. The summed E-state index contributed by atoms with van der Waals surface area (Å²) in [5.74, 6) is 0. The van der Waals surface area contributed by atoms with E-state index in [1.165, 1.54) is 6.20 Å². The quantitative estimate of drug-likeness (QED) is 0.361. The summed E-state index contributed by atoms with van der Waals surface area (Å²) >= 11 is 5.75. The maximum Gasteiger partial charge on any atom is 0.299 e. The van der Waals surface area contributed by atoms with Crippen LogP contribution in [0, 0.1) is 20.2 Å². The second-order valence-electron chi connectivity index (χ2n) is 4.04. The van der Waals surface area contributed by atoms with Crippen LogP contribution in [-0.4, -0.2) is 26.1 Å². The van der Waals surface area contributed by atoms with Gasteiger partial charge >= 0.3 is 0 Å². The Balaban J connectivity index is 0.000000251. The normalized spacial score (nSPS) is 9.96. The topological polar surface area (TPSA) is 129 Å². The van der Waals surface area contributed by atoms with Crippen LogP contribution >= 0.6 is 31.9 Å². The predicted molar refractivity (Wildman–Crippen MR) is 87.5 cm³/mol. The smallest absolute Gasteiger partial charge is 0.298 e. The molecule has 0 aromatic carbocycles. The van der Waals surface area contributed by atoms with Gasteiger partial charge in [0.1, 0.15) is 23.5 Å².